The normalized spacial score (nSPS) is 13.7. The van der Waals surface area contributed by atoms with E-state index < -0.39 is 97.5 Å². The first-order chi connectivity index (χ1) is 50.7. The molecule has 3 N–H and O–H groups in total. The van der Waals surface area contributed by atoms with Crippen molar-refractivity contribution in [2.75, 3.05) is 39.6 Å². The Labute approximate surface area is 638 Å². The number of rotatable bonds is 86. The Kier molecular flexibility index (Phi) is 77.7. The van der Waals surface area contributed by atoms with Crippen molar-refractivity contribution in [1.82, 2.24) is 0 Å². The zero-order chi connectivity index (χ0) is 76.0. The maximum atomic E-state index is 13.1. The average Bonchev–Trinajstić information content (AvgIpc) is 0.906. The summed E-state index contributed by atoms with van der Waals surface area (Å²) in [5.74, 6) is -2.10. The Balaban J connectivity index is 5.19. The summed E-state index contributed by atoms with van der Waals surface area (Å²) in [6.07, 6.45) is 73.7. The van der Waals surface area contributed by atoms with Gasteiger partial charge in [0.15, 0.2) is 12.2 Å². The summed E-state index contributed by atoms with van der Waals surface area (Å²) in [5, 5.41) is 10.7. The maximum absolute atomic E-state index is 13.1. The highest BCUT2D eigenvalue weighted by Gasteiger charge is 2.30. The Morgan fingerprint density at radius 2 is 0.385 bits per heavy atom. The van der Waals surface area contributed by atoms with Crippen LogP contribution in [-0.4, -0.2) is 96.7 Å². The largest absolute Gasteiger partial charge is 0.472 e. The van der Waals surface area contributed by atoms with Crippen molar-refractivity contribution in [2.24, 2.45) is 0 Å². The summed E-state index contributed by atoms with van der Waals surface area (Å²) in [7, 11) is -9.92. The fourth-order valence-corrected chi connectivity index (χ4v) is 14.9. The van der Waals surface area contributed by atoms with Gasteiger partial charge in [-0.2, -0.15) is 0 Å². The number of aliphatic hydroxyl groups excluding tert-OH is 1. The molecule has 618 valence electrons. The molecule has 17 nitrogen and oxygen atoms in total. The molecular weight excluding hydrogens is 1350 g/mol. The van der Waals surface area contributed by atoms with Crippen LogP contribution in [0, 0.1) is 0 Å². The number of phosphoric acid groups is 2. The van der Waals surface area contributed by atoms with Crippen LogP contribution >= 0.6 is 15.6 Å². The highest BCUT2D eigenvalue weighted by molar-refractivity contribution is 7.47. The van der Waals surface area contributed by atoms with Crippen LogP contribution < -0.4 is 0 Å². The van der Waals surface area contributed by atoms with Crippen LogP contribution in [0.3, 0.4) is 0 Å². The van der Waals surface area contributed by atoms with Gasteiger partial charge in [0, 0.05) is 25.7 Å². The quantitative estimate of drug-likeness (QED) is 0.0222. The minimum Gasteiger partial charge on any atom is -0.462 e. The minimum absolute atomic E-state index is 0.108. The van der Waals surface area contributed by atoms with E-state index in [0.717, 1.165) is 89.9 Å². The van der Waals surface area contributed by atoms with E-state index >= 15 is 0 Å². The van der Waals surface area contributed by atoms with Crippen molar-refractivity contribution in [2.45, 2.75) is 483 Å². The zero-order valence-electron chi connectivity index (χ0n) is 68.0. The van der Waals surface area contributed by atoms with E-state index in [-0.39, 0.29) is 25.7 Å². The van der Waals surface area contributed by atoms with Gasteiger partial charge in [0.1, 0.15) is 19.3 Å². The van der Waals surface area contributed by atoms with E-state index in [2.05, 4.69) is 27.7 Å². The van der Waals surface area contributed by atoms with Crippen molar-refractivity contribution in [3.05, 3.63) is 0 Å². The second kappa shape index (κ2) is 79.2. The predicted molar refractivity (Wildman–Crippen MR) is 428 cm³/mol. The van der Waals surface area contributed by atoms with E-state index in [9.17, 15) is 43.2 Å². The first kappa shape index (κ1) is 102. The maximum Gasteiger partial charge on any atom is 0.472 e. The summed E-state index contributed by atoms with van der Waals surface area (Å²) in [6.45, 7) is 5.03. The number of aliphatic hydroxyl groups is 1. The number of carbonyl (C=O) groups excluding carboxylic acids is 4. The molecule has 0 bridgehead atoms. The summed E-state index contributed by atoms with van der Waals surface area (Å²) in [4.78, 5) is 73.1. The molecule has 0 aliphatic carbocycles. The third-order valence-corrected chi connectivity index (χ3v) is 22.0. The van der Waals surface area contributed by atoms with Crippen LogP contribution in [-0.2, 0) is 65.4 Å². The molecule has 104 heavy (non-hydrogen) atoms. The van der Waals surface area contributed by atoms with Gasteiger partial charge in [0.2, 0.25) is 0 Å². The molecule has 0 saturated carbocycles. The summed E-state index contributed by atoms with van der Waals surface area (Å²) < 4.78 is 68.8. The van der Waals surface area contributed by atoms with Crippen molar-refractivity contribution in [1.29, 1.82) is 0 Å². The fraction of sp³-hybridized carbons (Fsp3) is 0.953. The van der Waals surface area contributed by atoms with Crippen LogP contribution in [0.25, 0.3) is 0 Å². The van der Waals surface area contributed by atoms with Crippen LogP contribution in [0.15, 0.2) is 0 Å². The Morgan fingerprint density at radius 1 is 0.231 bits per heavy atom. The summed E-state index contributed by atoms with van der Waals surface area (Å²) in [5.41, 5.74) is 0. The average molecular weight is 1520 g/mol. The molecule has 2 unspecified atom stereocenters. The highest BCUT2D eigenvalue weighted by Crippen LogP contribution is 2.45. The highest BCUT2D eigenvalue weighted by atomic mass is 31.2. The molecule has 0 fully saturated rings. The van der Waals surface area contributed by atoms with Crippen molar-refractivity contribution in [3.63, 3.8) is 0 Å². The van der Waals surface area contributed by atoms with Crippen molar-refractivity contribution >= 4 is 39.5 Å². The molecule has 0 radical (unpaired) electrons. The lowest BCUT2D eigenvalue weighted by molar-refractivity contribution is -0.161. The molecule has 0 aromatic rings. The first-order valence-electron chi connectivity index (χ1n) is 44.3. The lowest BCUT2D eigenvalue weighted by Crippen LogP contribution is -2.30. The SMILES string of the molecule is CCCCCCCCCCCCCCCCCCCCCCCC(=O)OC[C@H](COP(=O)(O)OC[C@@H](O)COP(=O)(O)OC[C@@H](COC(=O)CCCCCCCCCCCCC)OC(=O)CCCCCCCCCCCCC)OC(=O)CCCCCCCCCCCCCCCCCCCCCCC. The monoisotopic (exact) mass is 1520 g/mol. The minimum atomic E-state index is -4.96. The smallest absolute Gasteiger partial charge is 0.462 e. The molecule has 0 rings (SSSR count). The van der Waals surface area contributed by atoms with E-state index in [1.54, 1.807) is 0 Å². The molecule has 0 aliphatic rings. The molecule has 0 aromatic carbocycles. The second-order valence-electron chi connectivity index (χ2n) is 30.6. The first-order valence-corrected chi connectivity index (χ1v) is 47.3. The van der Waals surface area contributed by atoms with E-state index in [4.69, 9.17) is 37.0 Å². The van der Waals surface area contributed by atoms with Gasteiger partial charge in [0.05, 0.1) is 26.4 Å². The molecular formula is C85H166O17P2. The molecule has 0 aromatic heterocycles. The topological polar surface area (TPSA) is 237 Å². The zero-order valence-corrected chi connectivity index (χ0v) is 69.8. The fourth-order valence-electron chi connectivity index (χ4n) is 13.3. The molecule has 0 heterocycles. The van der Waals surface area contributed by atoms with Gasteiger partial charge in [-0.3, -0.25) is 37.3 Å². The molecule has 19 heteroatoms. The van der Waals surface area contributed by atoms with Gasteiger partial charge in [-0.1, -0.05) is 413 Å². The Bertz CT molecular complexity index is 1960. The van der Waals surface area contributed by atoms with Crippen LogP contribution in [0.2, 0.25) is 0 Å². The van der Waals surface area contributed by atoms with Gasteiger partial charge >= 0.3 is 39.5 Å². The van der Waals surface area contributed by atoms with Crippen LogP contribution in [0.4, 0.5) is 0 Å². The Morgan fingerprint density at radius 3 is 0.567 bits per heavy atom. The number of hydrogen-bond acceptors (Lipinski definition) is 15. The number of carbonyl (C=O) groups is 4. The predicted octanol–water partition coefficient (Wildman–Crippen LogP) is 26.1. The molecule has 0 spiro atoms. The van der Waals surface area contributed by atoms with Crippen molar-refractivity contribution < 1.29 is 80.2 Å². The van der Waals surface area contributed by atoms with Gasteiger partial charge in [-0.05, 0) is 25.7 Å². The van der Waals surface area contributed by atoms with Gasteiger partial charge in [-0.15, -0.1) is 0 Å². The second-order valence-corrected chi connectivity index (χ2v) is 33.5. The van der Waals surface area contributed by atoms with Crippen LogP contribution in [0.1, 0.15) is 464 Å². The summed E-state index contributed by atoms with van der Waals surface area (Å²) in [6, 6.07) is 0. The molecule has 5 atom stereocenters. The van der Waals surface area contributed by atoms with Gasteiger partial charge in [0.25, 0.3) is 0 Å². The Hall–Kier alpha value is -1.94. The van der Waals surface area contributed by atoms with Gasteiger partial charge in [-0.25, -0.2) is 9.13 Å². The molecule has 0 aliphatic heterocycles. The number of phosphoric ester groups is 2. The van der Waals surface area contributed by atoms with Crippen LogP contribution in [0.5, 0.6) is 0 Å². The third-order valence-electron chi connectivity index (χ3n) is 20.1. The van der Waals surface area contributed by atoms with Gasteiger partial charge < -0.3 is 33.8 Å². The lowest BCUT2D eigenvalue weighted by atomic mass is 10.0. The van der Waals surface area contributed by atoms with E-state index in [1.165, 1.54) is 295 Å². The number of ether oxygens (including phenoxy) is 4. The summed E-state index contributed by atoms with van der Waals surface area (Å²) >= 11 is 0. The number of unbranched alkanes of at least 4 members (excludes halogenated alkanes) is 60. The molecule has 0 amide bonds. The lowest BCUT2D eigenvalue weighted by Gasteiger charge is -2.21. The van der Waals surface area contributed by atoms with E-state index in [0.29, 0.717) is 25.7 Å². The third kappa shape index (κ3) is 78.2. The standard InChI is InChI=1S/C85H166O17P2/c1-5-9-13-17-21-25-29-31-33-35-37-39-41-43-45-47-51-54-58-62-66-70-83(88)96-76-81(102-85(90)72-68-64-60-56-52-48-46-44-42-40-38-36-34-32-30-26-22-18-14-10-6-2)78-100-104(93,94)98-74-79(86)73-97-103(91,92)99-77-80(101-84(89)71-67-63-59-55-50-28-24-20-16-12-8-4)75-95-82(87)69-65-61-57-53-49-27-23-19-15-11-7-3/h79-81,86H,5-78H2,1-4H3,(H,91,92)(H,93,94)/t79-,80+,81+/m0/s1. The number of hydrogen-bond donors (Lipinski definition) is 3. The number of esters is 4. The van der Waals surface area contributed by atoms with Crippen molar-refractivity contribution in [3.8, 4) is 0 Å². The molecule has 0 saturated heterocycles. The van der Waals surface area contributed by atoms with E-state index in [1.807, 2.05) is 0 Å².